The summed E-state index contributed by atoms with van der Waals surface area (Å²) >= 11 is 3.07. The van der Waals surface area contributed by atoms with Crippen LogP contribution < -0.4 is 5.32 Å². The van der Waals surface area contributed by atoms with Gasteiger partial charge in [-0.2, -0.15) is 5.10 Å². The van der Waals surface area contributed by atoms with Gasteiger partial charge in [0.15, 0.2) is 0 Å². The maximum atomic E-state index is 12.5. The van der Waals surface area contributed by atoms with Crippen molar-refractivity contribution in [3.8, 4) is 9.88 Å². The zero-order valence-corrected chi connectivity index (χ0v) is 14.4. The maximum Gasteiger partial charge on any atom is 0.271 e. The van der Waals surface area contributed by atoms with Crippen LogP contribution in [0.25, 0.3) is 9.88 Å². The summed E-state index contributed by atoms with van der Waals surface area (Å²) in [5.41, 5.74) is 1.30. The van der Waals surface area contributed by atoms with Crippen LogP contribution in [0.2, 0.25) is 0 Å². The number of carbonyl (C=O) groups excluding carboxylic acids is 1. The Balaban J connectivity index is 1.76. The SMILES string of the molecule is COCC(NC(=O)c1csc(-c2cccs2)n1)c1ccnn1C. The summed E-state index contributed by atoms with van der Waals surface area (Å²) in [5.74, 6) is -0.215. The van der Waals surface area contributed by atoms with E-state index in [1.807, 2.05) is 30.6 Å². The molecule has 1 N–H and O–H groups in total. The van der Waals surface area contributed by atoms with Crippen molar-refractivity contribution in [1.82, 2.24) is 20.1 Å². The van der Waals surface area contributed by atoms with Crippen LogP contribution in [0.5, 0.6) is 0 Å². The minimum atomic E-state index is -0.271. The highest BCUT2D eigenvalue weighted by atomic mass is 32.1. The monoisotopic (exact) mass is 348 g/mol. The number of aryl methyl sites for hydroxylation is 1. The van der Waals surface area contributed by atoms with Crippen molar-refractivity contribution in [3.63, 3.8) is 0 Å². The zero-order chi connectivity index (χ0) is 16.2. The Morgan fingerprint density at radius 2 is 2.30 bits per heavy atom. The Kier molecular flexibility index (Phi) is 4.85. The van der Waals surface area contributed by atoms with Gasteiger partial charge >= 0.3 is 0 Å². The molecule has 0 bridgehead atoms. The minimum Gasteiger partial charge on any atom is -0.382 e. The minimum absolute atomic E-state index is 0.215. The summed E-state index contributed by atoms with van der Waals surface area (Å²) in [4.78, 5) is 18.0. The van der Waals surface area contributed by atoms with Gasteiger partial charge in [0, 0.05) is 25.7 Å². The van der Waals surface area contributed by atoms with E-state index >= 15 is 0 Å². The third-order valence-corrected chi connectivity index (χ3v) is 5.20. The van der Waals surface area contributed by atoms with Crippen molar-refractivity contribution in [2.24, 2.45) is 7.05 Å². The van der Waals surface area contributed by atoms with Gasteiger partial charge in [-0.1, -0.05) is 6.07 Å². The van der Waals surface area contributed by atoms with E-state index in [1.54, 1.807) is 34.7 Å². The van der Waals surface area contributed by atoms with Gasteiger partial charge in [0.2, 0.25) is 0 Å². The molecule has 0 aliphatic heterocycles. The molecule has 23 heavy (non-hydrogen) atoms. The average molecular weight is 348 g/mol. The number of aromatic nitrogens is 3. The molecule has 0 spiro atoms. The largest absolute Gasteiger partial charge is 0.382 e. The van der Waals surface area contributed by atoms with Gasteiger partial charge in [-0.15, -0.1) is 22.7 Å². The van der Waals surface area contributed by atoms with E-state index in [0.717, 1.165) is 15.6 Å². The van der Waals surface area contributed by atoms with E-state index in [0.29, 0.717) is 12.3 Å². The van der Waals surface area contributed by atoms with Crippen molar-refractivity contribution in [2.45, 2.75) is 6.04 Å². The maximum absolute atomic E-state index is 12.5. The van der Waals surface area contributed by atoms with E-state index in [9.17, 15) is 4.79 Å². The molecule has 0 aliphatic carbocycles. The van der Waals surface area contributed by atoms with E-state index < -0.39 is 0 Å². The van der Waals surface area contributed by atoms with Gasteiger partial charge in [0.1, 0.15) is 10.7 Å². The zero-order valence-electron chi connectivity index (χ0n) is 12.7. The second-order valence-corrected chi connectivity index (χ2v) is 6.68. The third-order valence-electron chi connectivity index (χ3n) is 3.32. The lowest BCUT2D eigenvalue weighted by Crippen LogP contribution is -2.32. The molecule has 1 unspecified atom stereocenters. The summed E-state index contributed by atoms with van der Waals surface area (Å²) in [7, 11) is 3.44. The highest BCUT2D eigenvalue weighted by molar-refractivity contribution is 7.20. The molecule has 6 nitrogen and oxygen atoms in total. The van der Waals surface area contributed by atoms with Crippen molar-refractivity contribution in [3.05, 3.63) is 46.5 Å². The number of thiazole rings is 1. The molecule has 3 aromatic heterocycles. The number of methoxy groups -OCH3 is 1. The molecule has 3 rings (SSSR count). The molecule has 0 fully saturated rings. The van der Waals surface area contributed by atoms with Crippen LogP contribution in [0.4, 0.5) is 0 Å². The van der Waals surface area contributed by atoms with Crippen LogP contribution in [-0.2, 0) is 11.8 Å². The first-order valence-electron chi connectivity index (χ1n) is 6.96. The predicted octanol–water partition coefficient (Wildman–Crippen LogP) is 2.72. The second kappa shape index (κ2) is 7.03. The quantitative estimate of drug-likeness (QED) is 0.744. The van der Waals surface area contributed by atoms with Crippen LogP contribution in [0.3, 0.4) is 0 Å². The molecule has 0 aromatic carbocycles. The van der Waals surface area contributed by atoms with E-state index in [1.165, 1.54) is 11.3 Å². The lowest BCUT2D eigenvalue weighted by molar-refractivity contribution is 0.0888. The predicted molar refractivity (Wildman–Crippen MR) is 90.7 cm³/mol. The first-order valence-corrected chi connectivity index (χ1v) is 8.72. The summed E-state index contributed by atoms with van der Waals surface area (Å²) in [6.45, 7) is 0.368. The van der Waals surface area contributed by atoms with Gasteiger partial charge in [-0.25, -0.2) is 4.98 Å². The van der Waals surface area contributed by atoms with Crippen LogP contribution in [0.1, 0.15) is 22.2 Å². The Hall–Kier alpha value is -2.03. The van der Waals surface area contributed by atoms with Gasteiger partial charge in [-0.05, 0) is 17.5 Å². The molecule has 3 heterocycles. The molecule has 0 saturated heterocycles. The number of rotatable bonds is 6. The van der Waals surface area contributed by atoms with Gasteiger partial charge < -0.3 is 10.1 Å². The summed E-state index contributed by atoms with van der Waals surface area (Å²) < 4.78 is 6.94. The fraction of sp³-hybridized carbons (Fsp3) is 0.267. The molecule has 1 atom stereocenters. The number of nitrogens with one attached hydrogen (secondary N) is 1. The summed E-state index contributed by atoms with van der Waals surface area (Å²) in [5, 5.41) is 11.7. The van der Waals surface area contributed by atoms with Gasteiger partial charge in [0.25, 0.3) is 5.91 Å². The normalized spacial score (nSPS) is 12.3. The van der Waals surface area contributed by atoms with Crippen LogP contribution in [0.15, 0.2) is 35.2 Å². The fourth-order valence-corrected chi connectivity index (χ4v) is 3.83. The molecular weight excluding hydrogens is 332 g/mol. The van der Waals surface area contributed by atoms with Crippen molar-refractivity contribution >= 4 is 28.6 Å². The first-order chi connectivity index (χ1) is 11.2. The Morgan fingerprint density at radius 3 is 2.96 bits per heavy atom. The Labute approximate surface area is 141 Å². The molecule has 0 aliphatic rings. The number of thiophene rings is 1. The number of hydrogen-bond donors (Lipinski definition) is 1. The molecule has 1 amide bonds. The summed E-state index contributed by atoms with van der Waals surface area (Å²) in [6.07, 6.45) is 1.70. The Bertz CT molecular complexity index is 779. The molecule has 8 heteroatoms. The number of carbonyl (C=O) groups is 1. The molecule has 3 aromatic rings. The molecule has 0 saturated carbocycles. The highest BCUT2D eigenvalue weighted by Crippen LogP contribution is 2.28. The van der Waals surface area contributed by atoms with Crippen molar-refractivity contribution in [2.75, 3.05) is 13.7 Å². The summed E-state index contributed by atoms with van der Waals surface area (Å²) in [6, 6.07) is 5.56. The highest BCUT2D eigenvalue weighted by Gasteiger charge is 2.20. The second-order valence-electron chi connectivity index (χ2n) is 4.88. The topological polar surface area (TPSA) is 69.0 Å². The smallest absolute Gasteiger partial charge is 0.271 e. The van der Waals surface area contributed by atoms with Gasteiger partial charge in [0.05, 0.1) is 23.2 Å². The van der Waals surface area contributed by atoms with E-state index in [2.05, 4.69) is 15.4 Å². The number of ether oxygens (including phenoxy) is 1. The van der Waals surface area contributed by atoms with Crippen molar-refractivity contribution in [1.29, 1.82) is 0 Å². The van der Waals surface area contributed by atoms with Crippen LogP contribution in [-0.4, -0.2) is 34.4 Å². The van der Waals surface area contributed by atoms with Gasteiger partial charge in [-0.3, -0.25) is 9.48 Å². The number of amides is 1. The van der Waals surface area contributed by atoms with E-state index in [4.69, 9.17) is 4.74 Å². The lowest BCUT2D eigenvalue weighted by Gasteiger charge is -2.17. The lowest BCUT2D eigenvalue weighted by atomic mass is 10.2. The fourth-order valence-electron chi connectivity index (χ4n) is 2.22. The molecule has 0 radical (unpaired) electrons. The van der Waals surface area contributed by atoms with Crippen LogP contribution in [0, 0.1) is 0 Å². The van der Waals surface area contributed by atoms with Crippen molar-refractivity contribution < 1.29 is 9.53 Å². The third kappa shape index (κ3) is 3.49. The standard InChI is InChI=1S/C15H16N4O2S2/c1-19-12(5-6-16-19)10(8-21-2)17-14(20)11-9-23-15(18-11)13-4-3-7-22-13/h3-7,9-10H,8H2,1-2H3,(H,17,20). The first kappa shape index (κ1) is 15.9. The molecular formula is C15H16N4O2S2. The number of nitrogens with zero attached hydrogens (tertiary/aromatic N) is 3. The molecule has 120 valence electrons. The Morgan fingerprint density at radius 1 is 1.43 bits per heavy atom. The van der Waals surface area contributed by atoms with Crippen LogP contribution >= 0.6 is 22.7 Å². The number of hydrogen-bond acceptors (Lipinski definition) is 6. The average Bonchev–Trinajstić information content (AvgIpc) is 3.27. The van der Waals surface area contributed by atoms with E-state index in [-0.39, 0.29) is 11.9 Å².